The molecule has 1 aliphatic heterocycles. The zero-order chi connectivity index (χ0) is 26.7. The molecule has 0 aromatic carbocycles. The number of carbonyl (C=O) groups excluding carboxylic acids is 3. The van der Waals surface area contributed by atoms with Crippen LogP contribution in [0.5, 0.6) is 0 Å². The van der Waals surface area contributed by atoms with Crippen molar-refractivity contribution in [1.82, 2.24) is 19.8 Å². The third kappa shape index (κ3) is 7.78. The molecule has 0 aliphatic carbocycles. The van der Waals surface area contributed by atoms with Crippen molar-refractivity contribution in [3.8, 4) is 0 Å². The minimum Gasteiger partial charge on any atom is -0.469 e. The second-order valence-corrected chi connectivity index (χ2v) is 11.9. The summed E-state index contributed by atoms with van der Waals surface area (Å²) in [5, 5.41) is 0.0769. The minimum atomic E-state index is -0.697. The molecule has 0 bridgehead atoms. The van der Waals surface area contributed by atoms with E-state index in [0.717, 1.165) is 0 Å². The fraction of sp³-hybridized carbons (Fsp3) is 0.720. The number of ether oxygens (including phenoxy) is 2. The van der Waals surface area contributed by atoms with Crippen molar-refractivity contribution in [2.45, 2.75) is 78.9 Å². The number of nitrogens with zero attached hydrogens (tertiary/aromatic N) is 4. The molecule has 1 saturated heterocycles. The summed E-state index contributed by atoms with van der Waals surface area (Å²) >= 11 is 6.45. The molecule has 1 aliphatic rings. The van der Waals surface area contributed by atoms with Gasteiger partial charge in [0.2, 0.25) is 0 Å². The van der Waals surface area contributed by atoms with Crippen molar-refractivity contribution in [1.29, 1.82) is 0 Å². The van der Waals surface area contributed by atoms with E-state index in [4.69, 9.17) is 21.1 Å². The van der Waals surface area contributed by atoms with Crippen LogP contribution < -0.4 is 0 Å². The Labute approximate surface area is 213 Å². The molecule has 1 aromatic rings. The Balaban J connectivity index is 2.43. The van der Waals surface area contributed by atoms with Crippen LogP contribution in [-0.4, -0.2) is 76.1 Å². The molecule has 0 saturated carbocycles. The van der Waals surface area contributed by atoms with Crippen LogP contribution in [0.15, 0.2) is 6.20 Å². The third-order valence-electron chi connectivity index (χ3n) is 5.52. The van der Waals surface area contributed by atoms with Crippen LogP contribution in [-0.2, 0) is 19.7 Å². The molecule has 2 atom stereocenters. The summed E-state index contributed by atoms with van der Waals surface area (Å²) in [6.45, 7) is 16.0. The molecule has 0 N–H and O–H groups in total. The van der Waals surface area contributed by atoms with E-state index in [-0.39, 0.29) is 41.0 Å². The Morgan fingerprint density at radius 1 is 1.17 bits per heavy atom. The van der Waals surface area contributed by atoms with Crippen molar-refractivity contribution in [2.24, 2.45) is 11.8 Å². The number of rotatable bonds is 5. The molecule has 35 heavy (non-hydrogen) atoms. The maximum absolute atomic E-state index is 13.7. The fourth-order valence-electron chi connectivity index (χ4n) is 3.92. The van der Waals surface area contributed by atoms with E-state index in [1.165, 1.54) is 18.2 Å². The van der Waals surface area contributed by atoms with Gasteiger partial charge in [-0.2, -0.15) is 0 Å². The molecular formula is C25H39ClN4O5. The van der Waals surface area contributed by atoms with Gasteiger partial charge in [-0.3, -0.25) is 9.59 Å². The van der Waals surface area contributed by atoms with Gasteiger partial charge >= 0.3 is 12.1 Å². The number of likely N-dealkylation sites (tertiary alicyclic amines) is 1. The Morgan fingerprint density at radius 2 is 1.80 bits per heavy atom. The number of hydrogen-bond acceptors (Lipinski definition) is 7. The molecule has 2 rings (SSSR count). The van der Waals surface area contributed by atoms with Gasteiger partial charge in [-0.05, 0) is 33.1 Å². The monoisotopic (exact) mass is 510 g/mol. The van der Waals surface area contributed by atoms with Crippen molar-refractivity contribution < 1.29 is 23.9 Å². The molecule has 196 valence electrons. The topological polar surface area (TPSA) is 102 Å². The number of amides is 2. The highest BCUT2D eigenvalue weighted by atomic mass is 35.5. The molecular weight excluding hydrogens is 472 g/mol. The molecule has 2 amide bonds. The lowest BCUT2D eigenvalue weighted by molar-refractivity contribution is -0.148. The van der Waals surface area contributed by atoms with Crippen molar-refractivity contribution >= 4 is 29.6 Å². The minimum absolute atomic E-state index is 0.0769. The maximum atomic E-state index is 13.7. The number of esters is 1. The van der Waals surface area contributed by atoms with Gasteiger partial charge in [-0.1, -0.05) is 46.2 Å². The second-order valence-electron chi connectivity index (χ2n) is 11.5. The van der Waals surface area contributed by atoms with Crippen molar-refractivity contribution in [3.05, 3.63) is 22.7 Å². The summed E-state index contributed by atoms with van der Waals surface area (Å²) < 4.78 is 10.5. The molecule has 0 spiro atoms. The molecule has 10 heteroatoms. The molecule has 2 heterocycles. The van der Waals surface area contributed by atoms with Crippen LogP contribution in [0.3, 0.4) is 0 Å². The fourth-order valence-corrected chi connectivity index (χ4v) is 4.13. The van der Waals surface area contributed by atoms with Crippen molar-refractivity contribution in [3.63, 3.8) is 0 Å². The summed E-state index contributed by atoms with van der Waals surface area (Å²) in [4.78, 5) is 51.0. The largest absolute Gasteiger partial charge is 0.469 e. The second kappa shape index (κ2) is 11.1. The lowest BCUT2D eigenvalue weighted by atomic mass is 9.92. The predicted molar refractivity (Wildman–Crippen MR) is 133 cm³/mol. The van der Waals surface area contributed by atoms with Crippen molar-refractivity contribution in [2.75, 3.05) is 26.7 Å². The number of carbonyl (C=O) groups is 3. The first kappa shape index (κ1) is 28.8. The van der Waals surface area contributed by atoms with E-state index in [0.29, 0.717) is 18.8 Å². The highest BCUT2D eigenvalue weighted by Gasteiger charge is 2.40. The number of piperidine rings is 1. The van der Waals surface area contributed by atoms with Crippen LogP contribution >= 0.6 is 11.6 Å². The first-order chi connectivity index (χ1) is 16.0. The Hall–Kier alpha value is -2.42. The summed E-state index contributed by atoms with van der Waals surface area (Å²) in [6.07, 6.45) is 1.27. The molecule has 0 radical (unpaired) electrons. The molecule has 1 unspecified atom stereocenters. The van der Waals surface area contributed by atoms with E-state index >= 15 is 0 Å². The maximum Gasteiger partial charge on any atom is 0.410 e. The van der Waals surface area contributed by atoms with Gasteiger partial charge in [0.15, 0.2) is 0 Å². The average molecular weight is 511 g/mol. The summed E-state index contributed by atoms with van der Waals surface area (Å²) in [5.74, 6) is -0.710. The summed E-state index contributed by atoms with van der Waals surface area (Å²) in [6, 6.07) is -0.450. The molecule has 1 aromatic heterocycles. The lowest BCUT2D eigenvalue weighted by Gasteiger charge is -2.42. The van der Waals surface area contributed by atoms with E-state index < -0.39 is 29.6 Å². The third-order valence-corrected chi connectivity index (χ3v) is 5.81. The average Bonchev–Trinajstić information content (AvgIpc) is 2.74. The zero-order valence-corrected chi connectivity index (χ0v) is 23.1. The van der Waals surface area contributed by atoms with Gasteiger partial charge in [0, 0.05) is 31.2 Å². The molecule has 9 nitrogen and oxygen atoms in total. The van der Waals surface area contributed by atoms with E-state index in [2.05, 4.69) is 9.97 Å². The highest BCUT2D eigenvalue weighted by molar-refractivity contribution is 6.32. The summed E-state index contributed by atoms with van der Waals surface area (Å²) in [5.41, 5.74) is -0.838. The lowest BCUT2D eigenvalue weighted by Crippen LogP contribution is -2.57. The van der Waals surface area contributed by atoms with Gasteiger partial charge in [-0.25, -0.2) is 14.8 Å². The number of methoxy groups -OCH3 is 1. The van der Waals surface area contributed by atoms with E-state index in [1.54, 1.807) is 25.7 Å². The van der Waals surface area contributed by atoms with Gasteiger partial charge < -0.3 is 19.3 Å². The smallest absolute Gasteiger partial charge is 0.410 e. The quantitative estimate of drug-likeness (QED) is 0.429. The standard InChI is InChI=1S/C25H39ClN4O5/c1-15(2)12-30(20(31)18-11-27-22(24(3,4)5)28-19(18)26)17-10-16(21(32)34-9)13-29(14-17)23(33)35-25(6,7)8/h11,15-17H,10,12-14H2,1-9H3/t16-,17?/m1/s1. The van der Waals surface area contributed by atoms with Gasteiger partial charge in [-0.15, -0.1) is 0 Å². The normalized spacial score (nSPS) is 18.9. The zero-order valence-electron chi connectivity index (χ0n) is 22.3. The Kier molecular flexibility index (Phi) is 9.14. The van der Waals surface area contributed by atoms with Crippen LogP contribution in [0.2, 0.25) is 5.15 Å². The Morgan fingerprint density at radius 3 is 2.29 bits per heavy atom. The number of hydrogen-bond donors (Lipinski definition) is 0. The Bertz CT molecular complexity index is 939. The van der Waals surface area contributed by atoms with Crippen LogP contribution in [0, 0.1) is 11.8 Å². The highest BCUT2D eigenvalue weighted by Crippen LogP contribution is 2.28. The first-order valence-corrected chi connectivity index (χ1v) is 12.3. The SMILES string of the molecule is COC(=O)[C@@H]1CC(N(CC(C)C)C(=O)c2cnc(C(C)(C)C)nc2Cl)CN(C(=O)OC(C)(C)C)C1. The van der Waals surface area contributed by atoms with Crippen LogP contribution in [0.4, 0.5) is 4.79 Å². The van der Waals surface area contributed by atoms with Gasteiger partial charge in [0.05, 0.1) is 24.6 Å². The van der Waals surface area contributed by atoms with Gasteiger partial charge in [0.1, 0.15) is 16.6 Å². The summed E-state index contributed by atoms with van der Waals surface area (Å²) in [7, 11) is 1.31. The van der Waals surface area contributed by atoms with Crippen LogP contribution in [0.25, 0.3) is 0 Å². The first-order valence-electron chi connectivity index (χ1n) is 11.9. The predicted octanol–water partition coefficient (Wildman–Crippen LogP) is 4.32. The number of aromatic nitrogens is 2. The van der Waals surface area contributed by atoms with Gasteiger partial charge in [0.25, 0.3) is 5.91 Å². The molecule has 1 fully saturated rings. The van der Waals surface area contributed by atoms with E-state index in [1.807, 2.05) is 34.6 Å². The number of halogens is 1. The van der Waals surface area contributed by atoms with Crippen LogP contribution in [0.1, 0.15) is 78.0 Å². The van der Waals surface area contributed by atoms with E-state index in [9.17, 15) is 14.4 Å².